The Bertz CT molecular complexity index is 1100. The minimum absolute atomic E-state index is 0.391. The average molecular weight is 450 g/mol. The fourth-order valence-corrected chi connectivity index (χ4v) is 5.99. The number of hydrogen-bond donors (Lipinski definition) is 2. The third-order valence-corrected chi connectivity index (χ3v) is 8.28. The standard InChI is InChI=1S/C19H27N7O2S2/c1-4-25(5-2)30(27,28)18-10-9-15(29-18)11-12-21-19(20-3)22-14-17-24-23-16-8-6-7-13-26(16)17/h6-10,13H,4-5,11-12,14H2,1-3H3,(H2,20,21,22). The van der Waals surface area contributed by atoms with Gasteiger partial charge < -0.3 is 10.6 Å². The van der Waals surface area contributed by atoms with Crippen LogP contribution in [0.1, 0.15) is 24.5 Å². The first kappa shape index (κ1) is 22.2. The molecule has 0 unspecified atom stereocenters. The number of fused-ring (bicyclic) bond motifs is 1. The number of hydrogen-bond acceptors (Lipinski definition) is 6. The van der Waals surface area contributed by atoms with Crippen LogP contribution in [-0.4, -0.2) is 60.0 Å². The SMILES string of the molecule is CCN(CC)S(=O)(=O)c1ccc(CCNC(=NC)NCc2nnc3ccccn23)s1. The van der Waals surface area contributed by atoms with Crippen molar-refractivity contribution in [2.75, 3.05) is 26.7 Å². The number of nitrogens with one attached hydrogen (secondary N) is 2. The molecule has 3 aromatic heterocycles. The predicted octanol–water partition coefficient (Wildman–Crippen LogP) is 1.73. The van der Waals surface area contributed by atoms with Gasteiger partial charge in [0.1, 0.15) is 4.21 Å². The van der Waals surface area contributed by atoms with Crippen molar-refractivity contribution in [3.05, 3.63) is 47.2 Å². The zero-order chi connectivity index (χ0) is 21.6. The molecule has 0 amide bonds. The molecule has 2 N–H and O–H groups in total. The zero-order valence-corrected chi connectivity index (χ0v) is 19.0. The maximum Gasteiger partial charge on any atom is 0.252 e. The summed E-state index contributed by atoms with van der Waals surface area (Å²) in [6, 6.07) is 9.32. The van der Waals surface area contributed by atoms with Gasteiger partial charge in [-0.25, -0.2) is 8.42 Å². The molecule has 0 bridgehead atoms. The summed E-state index contributed by atoms with van der Waals surface area (Å²) in [7, 11) is -1.69. The molecule has 0 aliphatic carbocycles. The zero-order valence-electron chi connectivity index (χ0n) is 17.4. The number of guanidine groups is 1. The van der Waals surface area contributed by atoms with Crippen LogP contribution < -0.4 is 10.6 Å². The van der Waals surface area contributed by atoms with E-state index in [-0.39, 0.29) is 0 Å². The van der Waals surface area contributed by atoms with Crippen molar-refractivity contribution >= 4 is 33.0 Å². The van der Waals surface area contributed by atoms with Crippen molar-refractivity contribution in [3.8, 4) is 0 Å². The first-order valence-electron chi connectivity index (χ1n) is 9.81. The van der Waals surface area contributed by atoms with Crippen molar-refractivity contribution in [3.63, 3.8) is 0 Å². The molecule has 162 valence electrons. The van der Waals surface area contributed by atoms with Gasteiger partial charge in [-0.15, -0.1) is 21.5 Å². The number of nitrogens with zero attached hydrogens (tertiary/aromatic N) is 5. The molecule has 0 aliphatic rings. The Balaban J connectivity index is 1.52. The lowest BCUT2D eigenvalue weighted by Gasteiger charge is -2.16. The normalized spacial score (nSPS) is 12.6. The second-order valence-electron chi connectivity index (χ2n) is 6.46. The molecule has 0 radical (unpaired) electrons. The van der Waals surface area contributed by atoms with Gasteiger partial charge in [-0.2, -0.15) is 4.31 Å². The molecule has 9 nitrogen and oxygen atoms in total. The number of thiophene rings is 1. The van der Waals surface area contributed by atoms with Crippen molar-refractivity contribution in [1.29, 1.82) is 0 Å². The van der Waals surface area contributed by atoms with Gasteiger partial charge in [-0.1, -0.05) is 19.9 Å². The van der Waals surface area contributed by atoms with Crippen LogP contribution in [0.2, 0.25) is 0 Å². The van der Waals surface area contributed by atoms with E-state index >= 15 is 0 Å². The van der Waals surface area contributed by atoms with Gasteiger partial charge in [0.05, 0.1) is 6.54 Å². The third-order valence-electron chi connectivity index (χ3n) is 4.62. The molecule has 0 saturated heterocycles. The quantitative estimate of drug-likeness (QED) is 0.381. The molecule has 30 heavy (non-hydrogen) atoms. The number of aliphatic imine (C=N–C) groups is 1. The summed E-state index contributed by atoms with van der Waals surface area (Å²) in [4.78, 5) is 5.23. The number of rotatable bonds is 9. The van der Waals surface area contributed by atoms with E-state index in [4.69, 9.17) is 0 Å². The van der Waals surface area contributed by atoms with E-state index < -0.39 is 10.0 Å². The summed E-state index contributed by atoms with van der Waals surface area (Å²) in [6.07, 6.45) is 2.62. The highest BCUT2D eigenvalue weighted by atomic mass is 32.2. The monoisotopic (exact) mass is 449 g/mol. The van der Waals surface area contributed by atoms with Gasteiger partial charge in [0, 0.05) is 37.8 Å². The first-order chi connectivity index (χ1) is 14.5. The highest BCUT2D eigenvalue weighted by molar-refractivity contribution is 7.91. The molecule has 0 spiro atoms. The van der Waals surface area contributed by atoms with E-state index in [0.717, 1.165) is 16.3 Å². The summed E-state index contributed by atoms with van der Waals surface area (Å²) in [6.45, 7) is 5.75. The van der Waals surface area contributed by atoms with Crippen molar-refractivity contribution < 1.29 is 8.42 Å². The van der Waals surface area contributed by atoms with E-state index in [1.807, 2.05) is 48.7 Å². The number of aromatic nitrogens is 3. The lowest BCUT2D eigenvalue weighted by molar-refractivity contribution is 0.447. The average Bonchev–Trinajstić information content (AvgIpc) is 3.39. The largest absolute Gasteiger partial charge is 0.356 e. The van der Waals surface area contributed by atoms with Crippen LogP contribution in [0.4, 0.5) is 0 Å². The minimum Gasteiger partial charge on any atom is -0.356 e. The van der Waals surface area contributed by atoms with E-state index in [0.29, 0.717) is 42.8 Å². The Hall–Kier alpha value is -2.50. The molecule has 0 aliphatic heterocycles. The van der Waals surface area contributed by atoms with Gasteiger partial charge in [0.15, 0.2) is 17.4 Å². The molecule has 11 heteroatoms. The molecule has 3 aromatic rings. The highest BCUT2D eigenvalue weighted by Crippen LogP contribution is 2.25. The molecule has 0 saturated carbocycles. The molecule has 3 heterocycles. The van der Waals surface area contributed by atoms with Crippen molar-refractivity contribution in [2.24, 2.45) is 4.99 Å². The van der Waals surface area contributed by atoms with Crippen LogP contribution in [0.25, 0.3) is 5.65 Å². The van der Waals surface area contributed by atoms with E-state index in [1.165, 1.54) is 15.6 Å². The topological polar surface area (TPSA) is 104 Å². The van der Waals surface area contributed by atoms with Crippen molar-refractivity contribution in [1.82, 2.24) is 29.5 Å². The summed E-state index contributed by atoms with van der Waals surface area (Å²) in [5.74, 6) is 1.44. The van der Waals surface area contributed by atoms with Crippen LogP contribution >= 0.6 is 11.3 Å². The molecular weight excluding hydrogens is 422 g/mol. The Labute approximate surface area is 180 Å². The van der Waals surface area contributed by atoms with Gasteiger partial charge >= 0.3 is 0 Å². The lowest BCUT2D eigenvalue weighted by atomic mass is 10.3. The van der Waals surface area contributed by atoms with Crippen LogP contribution in [0.15, 0.2) is 45.7 Å². The Morgan fingerprint density at radius 2 is 1.97 bits per heavy atom. The lowest BCUT2D eigenvalue weighted by Crippen LogP contribution is -2.38. The predicted molar refractivity (Wildman–Crippen MR) is 119 cm³/mol. The molecular formula is C19H27N7O2S2. The van der Waals surface area contributed by atoms with Crippen LogP contribution in [0.5, 0.6) is 0 Å². The Morgan fingerprint density at radius 1 is 1.17 bits per heavy atom. The number of pyridine rings is 1. The summed E-state index contributed by atoms with van der Waals surface area (Å²) in [5, 5.41) is 14.8. The summed E-state index contributed by atoms with van der Waals surface area (Å²) >= 11 is 1.32. The van der Waals surface area contributed by atoms with Gasteiger partial charge in [0.2, 0.25) is 0 Å². The highest BCUT2D eigenvalue weighted by Gasteiger charge is 2.23. The Kier molecular flexibility index (Phi) is 7.40. The van der Waals surface area contributed by atoms with Gasteiger partial charge in [-0.05, 0) is 30.7 Å². The van der Waals surface area contributed by atoms with Gasteiger partial charge in [-0.3, -0.25) is 9.39 Å². The van der Waals surface area contributed by atoms with Crippen LogP contribution in [0, 0.1) is 0 Å². The summed E-state index contributed by atoms with van der Waals surface area (Å²) in [5.41, 5.74) is 0.797. The number of sulfonamides is 1. The molecule has 3 rings (SSSR count). The molecule has 0 aromatic carbocycles. The second kappa shape index (κ2) is 10.0. The van der Waals surface area contributed by atoms with Crippen molar-refractivity contribution in [2.45, 2.75) is 31.0 Å². The second-order valence-corrected chi connectivity index (χ2v) is 9.79. The van der Waals surface area contributed by atoms with E-state index in [1.54, 1.807) is 13.1 Å². The fraction of sp³-hybridized carbons (Fsp3) is 0.421. The van der Waals surface area contributed by atoms with Gasteiger partial charge in [0.25, 0.3) is 10.0 Å². The fourth-order valence-electron chi connectivity index (χ4n) is 3.02. The first-order valence-corrected chi connectivity index (χ1v) is 12.1. The minimum atomic E-state index is -3.40. The maximum absolute atomic E-state index is 12.6. The van der Waals surface area contributed by atoms with Crippen LogP contribution in [0.3, 0.4) is 0 Å². The van der Waals surface area contributed by atoms with E-state index in [9.17, 15) is 8.42 Å². The smallest absolute Gasteiger partial charge is 0.252 e. The Morgan fingerprint density at radius 3 is 2.70 bits per heavy atom. The van der Waals surface area contributed by atoms with E-state index in [2.05, 4.69) is 25.8 Å². The molecule has 0 fully saturated rings. The molecule has 0 atom stereocenters. The third kappa shape index (κ3) is 4.97. The maximum atomic E-state index is 12.6. The van der Waals surface area contributed by atoms with Crippen LogP contribution in [-0.2, 0) is 23.0 Å². The summed E-state index contributed by atoms with van der Waals surface area (Å²) < 4.78 is 29.0.